The Bertz CT molecular complexity index is 5230. The van der Waals surface area contributed by atoms with Crippen LogP contribution in [0.2, 0.25) is 0 Å². The van der Waals surface area contributed by atoms with Crippen molar-refractivity contribution in [2.24, 2.45) is 114 Å². The molecule has 3 unspecified atom stereocenters. The number of ketones is 3. The molecule has 6 saturated heterocycles. The van der Waals surface area contributed by atoms with E-state index >= 15 is 0 Å². The molecule has 18 atom stereocenters. The molecule has 13 fully saturated rings. The summed E-state index contributed by atoms with van der Waals surface area (Å²) in [7, 11) is -10.5. The number of sulfonamides is 2. The third kappa shape index (κ3) is 28.1. The Morgan fingerprint density at radius 3 is 1.08 bits per heavy atom. The quantitative estimate of drug-likeness (QED) is 0.0261. The molecule has 0 aromatic carbocycles. The molecule has 824 valence electrons. The van der Waals surface area contributed by atoms with E-state index in [0.29, 0.717) is 90.4 Å². The van der Waals surface area contributed by atoms with Crippen LogP contribution in [0.25, 0.3) is 0 Å². The van der Waals surface area contributed by atoms with Crippen molar-refractivity contribution < 1.29 is 97.2 Å². The van der Waals surface area contributed by atoms with Gasteiger partial charge >= 0.3 is 18.1 Å². The van der Waals surface area contributed by atoms with Crippen LogP contribution in [0.1, 0.15) is 281 Å². The Balaban J connectivity index is 0.000000209. The van der Waals surface area contributed by atoms with Crippen molar-refractivity contribution >= 4 is 119 Å². The maximum atomic E-state index is 14.7. The fraction of sp³-hybridized carbons (Fsp3) is 0.835. The number of nitrogens with one attached hydrogen (secondary N) is 10. The van der Waals surface area contributed by atoms with Crippen molar-refractivity contribution in [3.63, 3.8) is 0 Å². The predicted molar refractivity (Wildman–Crippen MR) is 551 cm³/mol. The molecule has 40 nitrogen and oxygen atoms in total. The third-order valence-corrected chi connectivity index (χ3v) is 39.7. The Hall–Kier alpha value is -8.52. The molecule has 15 amide bonds. The summed E-state index contributed by atoms with van der Waals surface area (Å²) in [6.45, 7) is 49.6. The van der Waals surface area contributed by atoms with E-state index in [2.05, 4.69) is 73.6 Å². The lowest BCUT2D eigenvalue weighted by Crippen LogP contribution is -2.63. The summed E-state index contributed by atoms with van der Waals surface area (Å²) >= 11 is 0. The smallest absolute Gasteiger partial charge is 0.315 e. The van der Waals surface area contributed by atoms with Gasteiger partial charge in [-0.1, -0.05) is 216 Å². The molecular formula is C103H173N19O21S3. The number of hydrogen-bond acceptors (Lipinski definition) is 21. The average molecular weight is 2110 g/mol. The van der Waals surface area contributed by atoms with Gasteiger partial charge in [0.1, 0.15) is 36.3 Å². The fourth-order valence-corrected chi connectivity index (χ4v) is 28.2. The second-order valence-electron chi connectivity index (χ2n) is 51.2. The molecule has 146 heavy (non-hydrogen) atoms. The first-order valence-electron chi connectivity index (χ1n) is 53.4. The van der Waals surface area contributed by atoms with Gasteiger partial charge in [0.05, 0.1) is 29.6 Å². The summed E-state index contributed by atoms with van der Waals surface area (Å²) in [5, 5.41) is 28.5. The Labute approximate surface area is 866 Å². The summed E-state index contributed by atoms with van der Waals surface area (Å²) in [6.07, 6.45) is 16.8. The van der Waals surface area contributed by atoms with Gasteiger partial charge in [-0.2, -0.15) is 25.6 Å². The summed E-state index contributed by atoms with van der Waals surface area (Å²) in [6, 6.07) is -12.1. The van der Waals surface area contributed by atoms with E-state index < -0.39 is 213 Å². The molecule has 14 N–H and O–H groups in total. The lowest BCUT2D eigenvalue weighted by atomic mass is 9.80. The normalized spacial score (nSPS) is 27.4. The number of carbonyl (C=O) groups excluding carboxylic acids is 15. The van der Waals surface area contributed by atoms with E-state index in [4.69, 9.17) is 11.5 Å². The summed E-state index contributed by atoms with van der Waals surface area (Å²) in [5.74, 6) is -7.40. The van der Waals surface area contributed by atoms with Gasteiger partial charge in [-0.3, -0.25) is 57.5 Å². The van der Waals surface area contributed by atoms with Crippen LogP contribution in [-0.2, 0) is 87.8 Å². The first-order valence-corrected chi connectivity index (χ1v) is 58.0. The SMILES string of the molecule is C=CCNC(=O)C(=O)C(CCC)NC(=O)[C@@H]1[C@@H]2[C@H](CN1C(=O)[C@@H](NC(=O)N[C@H](CN1CCN(CC3CC3)S1(=O)=O)C(C)(C)C)C1CCCCC1)C2(C)C.CC(C)(C)[C@H](NC(=O)N[C@H](CN1CCCCS1(=O)=O)C(C)(C)C)C(=O)N1C[C@H]2[C@@H]([C@H]1C(=O)NC(CC1CC1)C(=O)C(N)=O)C2(C)C.CC(C)(C)[C@H](NC(=O)N[C@H](CN1CCCCS1(=O)=O)C(C)(C)C)C(=O)N1C[C@H]2[C@@H]([C@H]1C(=O)NC(CC1CCC1)C(=O)C(N)=O)C2(C)C. The topological polar surface area (TPSA) is 553 Å². The zero-order valence-corrected chi connectivity index (χ0v) is 93.1. The molecule has 7 saturated carbocycles. The number of nitrogens with two attached hydrogens (primary N) is 2. The molecule has 0 spiro atoms. The van der Waals surface area contributed by atoms with Crippen LogP contribution in [0.4, 0.5) is 14.4 Å². The number of piperidine rings is 3. The maximum Gasteiger partial charge on any atom is 0.315 e. The lowest BCUT2D eigenvalue weighted by molar-refractivity contribution is -0.145. The number of likely N-dealkylation sites (tertiary alicyclic amines) is 3. The van der Waals surface area contributed by atoms with Crippen molar-refractivity contribution in [1.29, 1.82) is 0 Å². The number of amides is 15. The minimum Gasteiger partial charge on any atom is -0.363 e. The van der Waals surface area contributed by atoms with Gasteiger partial charge in [-0.15, -0.1) is 6.58 Å². The van der Waals surface area contributed by atoms with E-state index in [0.717, 1.165) is 89.9 Å². The molecule has 0 radical (unpaired) electrons. The van der Waals surface area contributed by atoms with Crippen molar-refractivity contribution in [3.05, 3.63) is 12.7 Å². The molecule has 0 aromatic rings. The van der Waals surface area contributed by atoms with Gasteiger partial charge in [0.15, 0.2) is 0 Å². The van der Waals surface area contributed by atoms with E-state index in [1.54, 1.807) is 9.21 Å². The second-order valence-corrected chi connectivity index (χ2v) is 57.3. The molecule has 0 bridgehead atoms. The van der Waals surface area contributed by atoms with Gasteiger partial charge in [0.2, 0.25) is 72.8 Å². The fourth-order valence-electron chi connectivity index (χ4n) is 23.3. The van der Waals surface area contributed by atoms with Gasteiger partial charge < -0.3 is 79.3 Å². The highest BCUT2D eigenvalue weighted by molar-refractivity contribution is 7.89. The number of hydrogen-bond donors (Lipinski definition) is 12. The molecule has 7 aliphatic carbocycles. The van der Waals surface area contributed by atoms with Crippen molar-refractivity contribution in [3.8, 4) is 0 Å². The number of Topliss-reactive ketones (excluding diaryl/α,β-unsaturated/α-hetero) is 3. The standard InChI is InChI=1S/C38H63N7O7S.C33H56N6O7S.C32H54N6O7S/c1-8-13-27(32(46)34(48)39-18-9-2)40-33(47)31-29-26(38(29,6)7)22-45(31)35(49)30(25-14-11-10-12-15-25)42-36(50)41-28(37(3,4)5)23-44-20-19-43(53(44,51)52)21-24-16-17-24;1-31(2,3)22(18-38-14-9-10-15-47(38,45)46)36-30(44)37-26(32(4,5)6)29(43)39-17-20-23(33(20,7)8)24(39)28(42)35-21(25(40)27(34)41)16-19-12-11-13-19;1-30(2,3)21(17-37-13-9-10-14-46(37,44)45)35-29(43)36-25(31(4,5)6)28(42)38-16-19-22(32(19,7)8)23(38)27(41)34-20(15-18-11-12-18)24(39)26(33)40/h9,24-31H,2,8,10-23H2,1,3-7H3,(H,39,48)(H,40,47)(H2,41,42,50);19-24,26H,9-18H2,1-8H3,(H2,34,41)(H,35,42)(H2,36,37,44);18-23,25H,9-17H2,1-8H3,(H2,33,40)(H,34,41)(H2,35,36,43)/t26-,27?,28+,29-,30-,31-;20-,21?,22+,23-,24-,26+;19-,20?,21+,22-,23-,25+/m000/s1. The summed E-state index contributed by atoms with van der Waals surface area (Å²) in [4.78, 5) is 205. The highest BCUT2D eigenvalue weighted by Gasteiger charge is 2.73. The zero-order valence-electron chi connectivity index (χ0n) is 90.6. The maximum absolute atomic E-state index is 14.7. The summed E-state index contributed by atoms with van der Waals surface area (Å²) in [5.41, 5.74) is 7.05. The largest absolute Gasteiger partial charge is 0.363 e. The minimum absolute atomic E-state index is 0.0605. The molecule has 6 aliphatic heterocycles. The second kappa shape index (κ2) is 45.6. The van der Waals surface area contributed by atoms with E-state index in [1.165, 1.54) is 28.8 Å². The highest BCUT2D eigenvalue weighted by atomic mass is 32.2. The molecule has 13 aliphatic rings. The monoisotopic (exact) mass is 2110 g/mol. The number of urea groups is 3. The van der Waals surface area contributed by atoms with Crippen LogP contribution in [0, 0.1) is 102 Å². The van der Waals surface area contributed by atoms with Gasteiger partial charge in [-0.05, 0) is 173 Å². The lowest BCUT2D eigenvalue weighted by Gasteiger charge is -2.39. The average Bonchev–Trinajstić information content (AvgIpc) is 1.53. The van der Waals surface area contributed by atoms with Gasteiger partial charge in [0, 0.05) is 96.7 Å². The van der Waals surface area contributed by atoms with Gasteiger partial charge in [0.25, 0.3) is 27.9 Å². The number of rotatable bonds is 38. The molecule has 13 rings (SSSR count). The van der Waals surface area contributed by atoms with Crippen LogP contribution in [-0.4, -0.2) is 308 Å². The summed E-state index contributed by atoms with van der Waals surface area (Å²) < 4.78 is 83.5. The first kappa shape index (κ1) is 118. The first-order chi connectivity index (χ1) is 67.5. The Morgan fingerprint density at radius 2 is 0.747 bits per heavy atom. The molecule has 6 heterocycles. The molecule has 43 heteroatoms. The predicted octanol–water partition coefficient (Wildman–Crippen LogP) is 5.68. The van der Waals surface area contributed by atoms with Crippen LogP contribution in [0.3, 0.4) is 0 Å². The Kier molecular flexibility index (Phi) is 36.7. The molecule has 0 aromatic heterocycles. The molecular weight excluding hydrogens is 1940 g/mol. The van der Waals surface area contributed by atoms with Crippen molar-refractivity contribution in [1.82, 2.24) is 85.1 Å². The highest BCUT2D eigenvalue weighted by Crippen LogP contribution is 2.67. The zero-order chi connectivity index (χ0) is 109. The van der Waals surface area contributed by atoms with Crippen LogP contribution in [0.15, 0.2) is 12.7 Å². The Morgan fingerprint density at radius 1 is 0.390 bits per heavy atom. The number of primary amides is 2. The van der Waals surface area contributed by atoms with E-state index in [-0.39, 0.29) is 120 Å². The third-order valence-electron chi connectivity index (χ3n) is 33.9. The van der Waals surface area contributed by atoms with Crippen LogP contribution >= 0.6 is 0 Å². The van der Waals surface area contributed by atoms with E-state index in [1.807, 2.05) is 138 Å². The van der Waals surface area contributed by atoms with Crippen molar-refractivity contribution in [2.45, 2.75) is 353 Å². The minimum atomic E-state index is -3.64. The van der Waals surface area contributed by atoms with Crippen LogP contribution in [0.5, 0.6) is 0 Å². The number of fused-ring (bicyclic) bond motifs is 3. The van der Waals surface area contributed by atoms with Crippen molar-refractivity contribution in [2.75, 3.05) is 90.0 Å². The number of carbonyl (C=O) groups is 15. The number of nitrogens with zero attached hydrogens (tertiary/aromatic N) is 7. The van der Waals surface area contributed by atoms with Crippen LogP contribution < -0.4 is 64.6 Å². The van der Waals surface area contributed by atoms with Gasteiger partial charge in [-0.25, -0.2) is 31.2 Å². The van der Waals surface area contributed by atoms with E-state index in [9.17, 15) is 97.2 Å².